The van der Waals surface area contributed by atoms with Gasteiger partial charge in [-0.3, -0.25) is 14.4 Å². The van der Waals surface area contributed by atoms with Crippen molar-refractivity contribution in [3.05, 3.63) is 58.3 Å². The van der Waals surface area contributed by atoms with Gasteiger partial charge in [0, 0.05) is 36.5 Å². The maximum atomic E-state index is 12.3. The van der Waals surface area contributed by atoms with Crippen molar-refractivity contribution in [2.75, 3.05) is 19.6 Å². The lowest BCUT2D eigenvalue weighted by Gasteiger charge is -2.32. The molecule has 1 aliphatic heterocycles. The van der Waals surface area contributed by atoms with Gasteiger partial charge in [-0.25, -0.2) is 0 Å². The maximum absolute atomic E-state index is 12.3. The molecule has 7 heteroatoms. The number of piperidine rings is 1. The standard InChI is InChI=1S/C21H25N3O3S/c25-19(7-6-16-4-2-1-3-5-16)23-18-8-11-24(12-9-18)20(26)14-22-21(27)17-10-13-28-15-17/h1-5,10,13,15,18H,6-9,11-12,14H2,(H,22,27)(H,23,25). The maximum Gasteiger partial charge on any atom is 0.252 e. The Morgan fingerprint density at radius 1 is 1.07 bits per heavy atom. The van der Waals surface area contributed by atoms with E-state index in [-0.39, 0.29) is 30.3 Å². The number of aryl methyl sites for hydroxylation is 1. The van der Waals surface area contributed by atoms with Crippen LogP contribution in [-0.2, 0) is 16.0 Å². The summed E-state index contributed by atoms with van der Waals surface area (Å²) < 4.78 is 0. The number of likely N-dealkylation sites (tertiary alicyclic amines) is 1. The van der Waals surface area contributed by atoms with Crippen molar-refractivity contribution in [1.82, 2.24) is 15.5 Å². The van der Waals surface area contributed by atoms with Gasteiger partial charge in [0.15, 0.2) is 0 Å². The molecule has 1 aromatic carbocycles. The van der Waals surface area contributed by atoms with Crippen LogP contribution in [0.4, 0.5) is 0 Å². The number of amides is 3. The van der Waals surface area contributed by atoms with E-state index in [1.165, 1.54) is 11.3 Å². The van der Waals surface area contributed by atoms with E-state index >= 15 is 0 Å². The monoisotopic (exact) mass is 399 g/mol. The molecule has 0 unspecified atom stereocenters. The first-order valence-electron chi connectivity index (χ1n) is 9.53. The van der Waals surface area contributed by atoms with Gasteiger partial charge in [-0.05, 0) is 36.3 Å². The molecule has 6 nitrogen and oxygen atoms in total. The van der Waals surface area contributed by atoms with Crippen LogP contribution in [0, 0.1) is 0 Å². The number of nitrogens with one attached hydrogen (secondary N) is 2. The van der Waals surface area contributed by atoms with Crippen molar-refractivity contribution in [3.8, 4) is 0 Å². The van der Waals surface area contributed by atoms with Crippen molar-refractivity contribution in [2.24, 2.45) is 0 Å². The summed E-state index contributed by atoms with van der Waals surface area (Å²) in [6, 6.07) is 11.8. The van der Waals surface area contributed by atoms with Gasteiger partial charge in [-0.1, -0.05) is 30.3 Å². The molecule has 0 bridgehead atoms. The molecule has 2 N–H and O–H groups in total. The summed E-state index contributed by atoms with van der Waals surface area (Å²) in [5, 5.41) is 9.32. The highest BCUT2D eigenvalue weighted by atomic mass is 32.1. The molecular weight excluding hydrogens is 374 g/mol. The van der Waals surface area contributed by atoms with E-state index in [0.29, 0.717) is 25.1 Å². The molecule has 2 aromatic rings. The van der Waals surface area contributed by atoms with Gasteiger partial charge in [-0.15, -0.1) is 0 Å². The fourth-order valence-electron chi connectivity index (χ4n) is 3.24. The normalized spacial score (nSPS) is 14.5. The van der Waals surface area contributed by atoms with Gasteiger partial charge in [0.25, 0.3) is 5.91 Å². The van der Waals surface area contributed by atoms with Gasteiger partial charge in [0.05, 0.1) is 6.54 Å². The fourth-order valence-corrected chi connectivity index (χ4v) is 3.87. The molecule has 0 atom stereocenters. The van der Waals surface area contributed by atoms with Gasteiger partial charge >= 0.3 is 0 Å². The number of rotatable bonds is 7. The smallest absolute Gasteiger partial charge is 0.252 e. The fraction of sp³-hybridized carbons (Fsp3) is 0.381. The highest BCUT2D eigenvalue weighted by Gasteiger charge is 2.24. The average Bonchev–Trinajstić information content (AvgIpc) is 3.26. The van der Waals surface area contributed by atoms with Crippen molar-refractivity contribution >= 4 is 29.1 Å². The Morgan fingerprint density at radius 3 is 2.50 bits per heavy atom. The van der Waals surface area contributed by atoms with Crippen LogP contribution in [0.15, 0.2) is 47.2 Å². The number of hydrogen-bond acceptors (Lipinski definition) is 4. The minimum absolute atomic E-state index is 0.00276. The van der Waals surface area contributed by atoms with Crippen LogP contribution in [0.25, 0.3) is 0 Å². The van der Waals surface area contributed by atoms with E-state index in [4.69, 9.17) is 0 Å². The summed E-state index contributed by atoms with van der Waals surface area (Å²) in [7, 11) is 0. The van der Waals surface area contributed by atoms with Crippen molar-refractivity contribution in [1.29, 1.82) is 0 Å². The van der Waals surface area contributed by atoms with Crippen molar-refractivity contribution < 1.29 is 14.4 Å². The zero-order chi connectivity index (χ0) is 19.8. The minimum atomic E-state index is -0.227. The molecule has 0 saturated carbocycles. The van der Waals surface area contributed by atoms with Crippen LogP contribution in [0.1, 0.15) is 35.2 Å². The van der Waals surface area contributed by atoms with Crippen molar-refractivity contribution in [3.63, 3.8) is 0 Å². The zero-order valence-corrected chi connectivity index (χ0v) is 16.5. The Labute approximate surface area is 168 Å². The second-order valence-corrected chi connectivity index (χ2v) is 7.68. The topological polar surface area (TPSA) is 78.5 Å². The highest BCUT2D eigenvalue weighted by molar-refractivity contribution is 7.08. The number of nitrogens with zero attached hydrogens (tertiary/aromatic N) is 1. The molecule has 2 heterocycles. The summed E-state index contributed by atoms with van der Waals surface area (Å²) in [6.07, 6.45) is 2.67. The van der Waals surface area contributed by atoms with Gasteiger partial charge in [0.2, 0.25) is 11.8 Å². The lowest BCUT2D eigenvalue weighted by Crippen LogP contribution is -2.49. The van der Waals surface area contributed by atoms with Crippen LogP contribution < -0.4 is 10.6 Å². The number of thiophene rings is 1. The molecule has 0 radical (unpaired) electrons. The van der Waals surface area contributed by atoms with Crippen LogP contribution in [0.5, 0.6) is 0 Å². The molecule has 1 fully saturated rings. The summed E-state index contributed by atoms with van der Waals surface area (Å²) in [5.41, 5.74) is 1.73. The van der Waals surface area contributed by atoms with Crippen LogP contribution >= 0.6 is 11.3 Å². The largest absolute Gasteiger partial charge is 0.353 e. The lowest BCUT2D eigenvalue weighted by molar-refractivity contribution is -0.131. The lowest BCUT2D eigenvalue weighted by atomic mass is 10.0. The average molecular weight is 400 g/mol. The van der Waals surface area contributed by atoms with Gasteiger partial charge in [-0.2, -0.15) is 11.3 Å². The van der Waals surface area contributed by atoms with E-state index in [9.17, 15) is 14.4 Å². The molecule has 0 spiro atoms. The molecule has 1 aromatic heterocycles. The van der Waals surface area contributed by atoms with E-state index < -0.39 is 0 Å². The Hall–Kier alpha value is -2.67. The SMILES string of the molecule is O=C(CCc1ccccc1)NC1CCN(C(=O)CNC(=O)c2ccsc2)CC1. The molecule has 1 saturated heterocycles. The number of carbonyl (C=O) groups excluding carboxylic acids is 3. The highest BCUT2D eigenvalue weighted by Crippen LogP contribution is 2.11. The first-order valence-corrected chi connectivity index (χ1v) is 10.5. The van der Waals surface area contributed by atoms with Crippen LogP contribution in [-0.4, -0.2) is 48.3 Å². The Bertz CT molecular complexity index is 784. The minimum Gasteiger partial charge on any atom is -0.353 e. The third-order valence-electron chi connectivity index (χ3n) is 4.88. The van der Waals surface area contributed by atoms with E-state index in [0.717, 1.165) is 24.8 Å². The Kier molecular flexibility index (Phi) is 7.19. The number of carbonyl (C=O) groups is 3. The molecule has 1 aliphatic rings. The summed E-state index contributed by atoms with van der Waals surface area (Å²) in [4.78, 5) is 38.1. The molecular formula is C21H25N3O3S. The predicted octanol–water partition coefficient (Wildman–Crippen LogP) is 2.22. The van der Waals surface area contributed by atoms with E-state index in [1.54, 1.807) is 16.3 Å². The van der Waals surface area contributed by atoms with E-state index in [1.807, 2.05) is 35.7 Å². The van der Waals surface area contributed by atoms with Crippen LogP contribution in [0.3, 0.4) is 0 Å². The molecule has 3 amide bonds. The Morgan fingerprint density at radius 2 is 1.82 bits per heavy atom. The van der Waals surface area contributed by atoms with Crippen molar-refractivity contribution in [2.45, 2.75) is 31.7 Å². The number of benzene rings is 1. The summed E-state index contributed by atoms with van der Waals surface area (Å²) in [6.45, 7) is 1.19. The Balaban J connectivity index is 1.34. The molecule has 28 heavy (non-hydrogen) atoms. The number of hydrogen-bond donors (Lipinski definition) is 2. The summed E-state index contributed by atoms with van der Waals surface area (Å²) in [5.74, 6) is -0.260. The third kappa shape index (κ3) is 5.92. The first-order chi connectivity index (χ1) is 13.6. The second-order valence-electron chi connectivity index (χ2n) is 6.90. The van der Waals surface area contributed by atoms with Gasteiger partial charge in [0.1, 0.15) is 0 Å². The molecule has 148 valence electrons. The third-order valence-corrected chi connectivity index (χ3v) is 5.56. The van der Waals surface area contributed by atoms with Gasteiger partial charge < -0.3 is 15.5 Å². The predicted molar refractivity (Wildman–Crippen MR) is 109 cm³/mol. The second kappa shape index (κ2) is 10.0. The van der Waals surface area contributed by atoms with Crippen LogP contribution in [0.2, 0.25) is 0 Å². The molecule has 0 aliphatic carbocycles. The van der Waals surface area contributed by atoms with E-state index in [2.05, 4.69) is 10.6 Å². The summed E-state index contributed by atoms with van der Waals surface area (Å²) >= 11 is 1.45. The quantitative estimate of drug-likeness (QED) is 0.749. The zero-order valence-electron chi connectivity index (χ0n) is 15.7. The first kappa shape index (κ1) is 20.1. The molecule has 3 rings (SSSR count).